The molecule has 3 heterocycles. The number of hydrogen-bond acceptors (Lipinski definition) is 6. The molecule has 0 radical (unpaired) electrons. The summed E-state index contributed by atoms with van der Waals surface area (Å²) in [5.74, 6) is 1.93. The number of hydrogen-bond donors (Lipinski definition) is 0. The maximum absolute atomic E-state index is 12.6. The van der Waals surface area contributed by atoms with Gasteiger partial charge in [-0.25, -0.2) is 0 Å². The lowest BCUT2D eigenvalue weighted by molar-refractivity contribution is 0.0569. The molecule has 4 rings (SSSR count). The van der Waals surface area contributed by atoms with Crippen LogP contribution in [-0.4, -0.2) is 45.1 Å². The average Bonchev–Trinajstić information content (AvgIpc) is 3.11. The van der Waals surface area contributed by atoms with Gasteiger partial charge in [0.05, 0.1) is 12.0 Å². The highest BCUT2D eigenvalue weighted by Gasteiger charge is 2.36. The molecule has 0 saturated carbocycles. The predicted molar refractivity (Wildman–Crippen MR) is 98.4 cm³/mol. The van der Waals surface area contributed by atoms with E-state index < -0.39 is 0 Å². The smallest absolute Gasteiger partial charge is 0.253 e. The zero-order valence-electron chi connectivity index (χ0n) is 15.2. The van der Waals surface area contributed by atoms with Crippen LogP contribution in [-0.2, 0) is 0 Å². The number of ether oxygens (including phenoxy) is 1. The second-order valence-corrected chi connectivity index (χ2v) is 6.79. The van der Waals surface area contributed by atoms with Crippen LogP contribution in [0.4, 0.5) is 0 Å². The first-order valence-corrected chi connectivity index (χ1v) is 8.90. The van der Waals surface area contributed by atoms with Crippen molar-refractivity contribution >= 4 is 5.91 Å². The van der Waals surface area contributed by atoms with Gasteiger partial charge in [-0.2, -0.15) is 4.98 Å². The van der Waals surface area contributed by atoms with Crippen LogP contribution in [0.5, 0.6) is 5.75 Å². The lowest BCUT2D eigenvalue weighted by Gasteiger charge is -2.37. The lowest BCUT2D eigenvalue weighted by Crippen LogP contribution is -2.48. The number of amides is 1. The van der Waals surface area contributed by atoms with E-state index in [0.29, 0.717) is 30.4 Å². The van der Waals surface area contributed by atoms with Crippen LogP contribution in [0.3, 0.4) is 0 Å². The summed E-state index contributed by atoms with van der Waals surface area (Å²) < 4.78 is 11.0. The van der Waals surface area contributed by atoms with Gasteiger partial charge in [0, 0.05) is 36.6 Å². The molecular formula is C20H20N4O3. The number of carbonyl (C=O) groups is 1. The highest BCUT2D eigenvalue weighted by Crippen LogP contribution is 2.29. The molecule has 1 aliphatic heterocycles. The summed E-state index contributed by atoms with van der Waals surface area (Å²) in [6.07, 6.45) is 3.48. The van der Waals surface area contributed by atoms with E-state index in [1.165, 1.54) is 0 Å². The van der Waals surface area contributed by atoms with Crippen molar-refractivity contribution in [3.05, 3.63) is 60.2 Å². The first-order chi connectivity index (χ1) is 13.1. The fraction of sp³-hybridized carbons (Fsp3) is 0.300. The molecule has 7 nitrogen and oxygen atoms in total. The van der Waals surface area contributed by atoms with E-state index in [9.17, 15) is 4.79 Å². The van der Waals surface area contributed by atoms with Crippen LogP contribution in [0.1, 0.15) is 36.0 Å². The Kier molecular flexibility index (Phi) is 4.58. The fourth-order valence-electron chi connectivity index (χ4n) is 2.95. The van der Waals surface area contributed by atoms with E-state index in [2.05, 4.69) is 15.1 Å². The topological polar surface area (TPSA) is 81.4 Å². The van der Waals surface area contributed by atoms with E-state index in [1.54, 1.807) is 29.4 Å². The molecule has 0 spiro atoms. The van der Waals surface area contributed by atoms with E-state index >= 15 is 0 Å². The molecule has 2 aromatic heterocycles. The largest absolute Gasteiger partial charge is 0.491 e. The van der Waals surface area contributed by atoms with Crippen LogP contribution in [0, 0.1) is 0 Å². The molecule has 3 aromatic rings. The van der Waals surface area contributed by atoms with Gasteiger partial charge in [0.1, 0.15) is 5.75 Å². The monoisotopic (exact) mass is 364 g/mol. The number of carbonyl (C=O) groups excluding carboxylic acids is 1. The number of aromatic nitrogens is 3. The second-order valence-electron chi connectivity index (χ2n) is 6.79. The predicted octanol–water partition coefficient (Wildman–Crippen LogP) is 3.16. The van der Waals surface area contributed by atoms with Gasteiger partial charge in [0.2, 0.25) is 11.7 Å². The zero-order valence-corrected chi connectivity index (χ0v) is 15.2. The summed E-state index contributed by atoms with van der Waals surface area (Å²) in [6.45, 7) is 5.08. The maximum atomic E-state index is 12.6. The molecule has 27 heavy (non-hydrogen) atoms. The minimum atomic E-state index is -0.00350. The Morgan fingerprint density at radius 1 is 1.15 bits per heavy atom. The minimum Gasteiger partial charge on any atom is -0.491 e. The SMILES string of the molecule is CC(C)Oc1ccc(C(=O)N2CC(c3nc(-c4ccncc4)no3)C2)cc1. The molecular weight excluding hydrogens is 344 g/mol. The molecule has 0 bridgehead atoms. The van der Waals surface area contributed by atoms with E-state index in [4.69, 9.17) is 9.26 Å². The molecule has 138 valence electrons. The maximum Gasteiger partial charge on any atom is 0.253 e. The Morgan fingerprint density at radius 2 is 1.85 bits per heavy atom. The Labute approximate surface area is 157 Å². The molecule has 1 aromatic carbocycles. The highest BCUT2D eigenvalue weighted by molar-refractivity contribution is 5.95. The molecule has 1 saturated heterocycles. The van der Waals surface area contributed by atoms with E-state index in [1.807, 2.05) is 38.1 Å². The highest BCUT2D eigenvalue weighted by atomic mass is 16.5. The van der Waals surface area contributed by atoms with Gasteiger partial charge in [0.15, 0.2) is 0 Å². The Balaban J connectivity index is 1.36. The molecule has 0 N–H and O–H groups in total. The Bertz CT molecular complexity index is 916. The molecule has 7 heteroatoms. The number of pyridine rings is 1. The van der Waals surface area contributed by atoms with E-state index in [-0.39, 0.29) is 17.9 Å². The standard InChI is InChI=1S/C20H20N4O3/c1-13(2)26-17-5-3-15(4-6-17)20(25)24-11-16(12-24)19-22-18(23-27-19)14-7-9-21-10-8-14/h3-10,13,16H,11-12H2,1-2H3. The van der Waals surface area contributed by atoms with Gasteiger partial charge in [0.25, 0.3) is 5.91 Å². The van der Waals surface area contributed by atoms with E-state index in [0.717, 1.165) is 11.3 Å². The zero-order chi connectivity index (χ0) is 18.8. The summed E-state index contributed by atoms with van der Waals surface area (Å²) in [5, 5.41) is 4.02. The van der Waals surface area contributed by atoms with Gasteiger partial charge < -0.3 is 14.2 Å². The van der Waals surface area contributed by atoms with Crippen LogP contribution >= 0.6 is 0 Å². The number of nitrogens with zero attached hydrogens (tertiary/aromatic N) is 4. The third kappa shape index (κ3) is 3.67. The van der Waals surface area contributed by atoms with Crippen molar-refractivity contribution in [3.8, 4) is 17.1 Å². The molecule has 1 fully saturated rings. The Morgan fingerprint density at radius 3 is 2.52 bits per heavy atom. The Hall–Kier alpha value is -3.22. The van der Waals surface area contributed by atoms with Crippen molar-refractivity contribution in [1.29, 1.82) is 0 Å². The van der Waals surface area contributed by atoms with Crippen molar-refractivity contribution < 1.29 is 14.1 Å². The van der Waals surface area contributed by atoms with Crippen LogP contribution in [0.25, 0.3) is 11.4 Å². The van der Waals surface area contributed by atoms with Crippen molar-refractivity contribution in [1.82, 2.24) is 20.0 Å². The van der Waals surface area contributed by atoms with Crippen LogP contribution in [0.2, 0.25) is 0 Å². The van der Waals surface area contributed by atoms with Crippen LogP contribution < -0.4 is 4.74 Å². The van der Waals surface area contributed by atoms with Gasteiger partial charge in [-0.15, -0.1) is 0 Å². The van der Waals surface area contributed by atoms with Crippen molar-refractivity contribution in [2.24, 2.45) is 0 Å². The molecule has 1 aliphatic rings. The summed E-state index contributed by atoms with van der Waals surface area (Å²) in [4.78, 5) is 22.8. The van der Waals surface area contributed by atoms with Gasteiger partial charge >= 0.3 is 0 Å². The molecule has 0 aliphatic carbocycles. The minimum absolute atomic E-state index is 0.00350. The third-order valence-corrected chi connectivity index (χ3v) is 4.37. The molecule has 0 atom stereocenters. The molecule has 1 amide bonds. The fourth-order valence-corrected chi connectivity index (χ4v) is 2.95. The summed E-state index contributed by atoms with van der Waals surface area (Å²) >= 11 is 0. The summed E-state index contributed by atoms with van der Waals surface area (Å²) in [7, 11) is 0. The van der Waals surface area contributed by atoms with Crippen molar-refractivity contribution in [2.75, 3.05) is 13.1 Å². The summed E-state index contributed by atoms with van der Waals surface area (Å²) in [6, 6.07) is 10.9. The first kappa shape index (κ1) is 17.2. The number of benzene rings is 1. The van der Waals surface area contributed by atoms with Gasteiger partial charge in [-0.3, -0.25) is 9.78 Å². The first-order valence-electron chi connectivity index (χ1n) is 8.90. The third-order valence-electron chi connectivity index (χ3n) is 4.37. The van der Waals surface area contributed by atoms with Crippen molar-refractivity contribution in [2.45, 2.75) is 25.9 Å². The van der Waals surface area contributed by atoms with Crippen molar-refractivity contribution in [3.63, 3.8) is 0 Å². The summed E-state index contributed by atoms with van der Waals surface area (Å²) in [5.41, 5.74) is 1.50. The second kappa shape index (κ2) is 7.19. The normalized spacial score (nSPS) is 14.3. The average molecular weight is 364 g/mol. The molecule has 0 unspecified atom stereocenters. The number of rotatable bonds is 5. The van der Waals surface area contributed by atoms with Gasteiger partial charge in [-0.1, -0.05) is 5.16 Å². The quantitative estimate of drug-likeness (QED) is 0.692. The van der Waals surface area contributed by atoms with Crippen LogP contribution in [0.15, 0.2) is 53.3 Å². The number of likely N-dealkylation sites (tertiary alicyclic amines) is 1. The van der Waals surface area contributed by atoms with Gasteiger partial charge in [-0.05, 0) is 50.2 Å². The lowest BCUT2D eigenvalue weighted by atomic mass is 9.98.